The van der Waals surface area contributed by atoms with Crippen molar-refractivity contribution in [3.05, 3.63) is 76.8 Å². The summed E-state index contributed by atoms with van der Waals surface area (Å²) in [5.41, 5.74) is 4.57. The van der Waals surface area contributed by atoms with Gasteiger partial charge in [-0.05, 0) is 61.4 Å². The smallest absolute Gasteiger partial charge is 0.262 e. The number of aromatic nitrogens is 1. The number of carbonyl (C=O) groups is 1. The van der Waals surface area contributed by atoms with Gasteiger partial charge in [0.25, 0.3) is 5.91 Å². The zero-order chi connectivity index (χ0) is 20.4. The monoisotopic (exact) mass is 422 g/mol. The Morgan fingerprint density at radius 2 is 1.93 bits per heavy atom. The van der Waals surface area contributed by atoms with E-state index in [2.05, 4.69) is 10.3 Å². The minimum Gasteiger partial charge on any atom is -0.483 e. The molecule has 4 rings (SSSR count). The number of halogens is 1. The van der Waals surface area contributed by atoms with Crippen LogP contribution < -0.4 is 10.1 Å². The first-order valence-corrected chi connectivity index (χ1v) is 10.3. The van der Waals surface area contributed by atoms with Gasteiger partial charge in [0.15, 0.2) is 6.61 Å². The number of rotatable bonds is 5. The van der Waals surface area contributed by atoms with Gasteiger partial charge in [-0.3, -0.25) is 4.79 Å². The third-order valence-electron chi connectivity index (χ3n) is 4.69. The number of fused-ring (bicyclic) bond motifs is 1. The van der Waals surface area contributed by atoms with Gasteiger partial charge >= 0.3 is 0 Å². The number of nitrogens with zero attached hydrogens (tertiary/aromatic N) is 1. The standard InChI is InChI=1S/C23H19ClN2O2S/c1-14-6-5-8-20(15(14)2)28-13-22(27)25-16-10-11-17(18(24)12-16)23-26-19-7-3-4-9-21(19)29-23/h3-12H,13H2,1-2H3,(H,25,27). The number of carbonyl (C=O) groups excluding carboxylic acids is 1. The van der Waals surface area contributed by atoms with Crippen molar-refractivity contribution < 1.29 is 9.53 Å². The molecule has 146 valence electrons. The van der Waals surface area contributed by atoms with Gasteiger partial charge in [0.05, 0.1) is 15.2 Å². The molecule has 1 heterocycles. The summed E-state index contributed by atoms with van der Waals surface area (Å²) >= 11 is 8.06. The summed E-state index contributed by atoms with van der Waals surface area (Å²) in [6.07, 6.45) is 0. The maximum absolute atomic E-state index is 12.3. The number of ether oxygens (including phenoxy) is 1. The highest BCUT2D eigenvalue weighted by molar-refractivity contribution is 7.21. The summed E-state index contributed by atoms with van der Waals surface area (Å²) in [5, 5.41) is 4.22. The molecule has 6 heteroatoms. The molecule has 0 saturated heterocycles. The van der Waals surface area contributed by atoms with E-state index in [1.807, 2.05) is 68.4 Å². The molecule has 4 nitrogen and oxygen atoms in total. The molecule has 1 amide bonds. The van der Waals surface area contributed by atoms with Crippen LogP contribution in [0.1, 0.15) is 11.1 Å². The zero-order valence-electron chi connectivity index (χ0n) is 16.0. The Kier molecular flexibility index (Phi) is 5.51. The first-order valence-electron chi connectivity index (χ1n) is 9.15. The van der Waals surface area contributed by atoms with Crippen LogP contribution in [0.2, 0.25) is 5.02 Å². The fourth-order valence-corrected chi connectivity index (χ4v) is 4.31. The molecule has 1 N–H and O–H groups in total. The molecule has 0 saturated carbocycles. The second kappa shape index (κ2) is 8.23. The molecule has 0 aliphatic rings. The summed E-state index contributed by atoms with van der Waals surface area (Å²) < 4.78 is 6.77. The first kappa shape index (κ1) is 19.4. The molecule has 0 aliphatic carbocycles. The minimum atomic E-state index is -0.241. The summed E-state index contributed by atoms with van der Waals surface area (Å²) in [5.74, 6) is 0.471. The molecule has 0 bridgehead atoms. The maximum atomic E-state index is 12.3. The van der Waals surface area contributed by atoms with Gasteiger partial charge in [0.1, 0.15) is 10.8 Å². The third kappa shape index (κ3) is 4.26. The predicted molar refractivity (Wildman–Crippen MR) is 120 cm³/mol. The second-order valence-electron chi connectivity index (χ2n) is 6.72. The van der Waals surface area contributed by atoms with Gasteiger partial charge in [-0.2, -0.15) is 0 Å². The lowest BCUT2D eigenvalue weighted by molar-refractivity contribution is -0.118. The van der Waals surface area contributed by atoms with Crippen LogP contribution in [0.3, 0.4) is 0 Å². The fourth-order valence-electron chi connectivity index (χ4n) is 2.97. The zero-order valence-corrected chi connectivity index (χ0v) is 17.6. The Morgan fingerprint density at radius 1 is 1.10 bits per heavy atom. The van der Waals surface area contributed by atoms with Crippen LogP contribution in [0.5, 0.6) is 5.75 Å². The van der Waals surface area contributed by atoms with Crippen molar-refractivity contribution in [2.24, 2.45) is 0 Å². The van der Waals surface area contributed by atoms with Crippen LogP contribution in [0.15, 0.2) is 60.7 Å². The van der Waals surface area contributed by atoms with Crippen LogP contribution in [0.4, 0.5) is 5.69 Å². The summed E-state index contributed by atoms with van der Waals surface area (Å²) in [7, 11) is 0. The lowest BCUT2D eigenvalue weighted by Gasteiger charge is -2.11. The topological polar surface area (TPSA) is 51.2 Å². The number of hydrogen-bond acceptors (Lipinski definition) is 4. The van der Waals surface area contributed by atoms with Crippen molar-refractivity contribution in [3.63, 3.8) is 0 Å². The number of amides is 1. The number of thiazole rings is 1. The Balaban J connectivity index is 1.45. The van der Waals surface area contributed by atoms with Crippen molar-refractivity contribution in [2.45, 2.75) is 13.8 Å². The quantitative estimate of drug-likeness (QED) is 0.413. The van der Waals surface area contributed by atoms with Crippen LogP contribution in [-0.4, -0.2) is 17.5 Å². The SMILES string of the molecule is Cc1cccc(OCC(=O)Nc2ccc(-c3nc4ccccc4s3)c(Cl)c2)c1C. The third-order valence-corrected chi connectivity index (χ3v) is 6.07. The lowest BCUT2D eigenvalue weighted by atomic mass is 10.1. The highest BCUT2D eigenvalue weighted by atomic mass is 35.5. The second-order valence-corrected chi connectivity index (χ2v) is 8.15. The molecule has 0 aliphatic heterocycles. The van der Waals surface area contributed by atoms with Gasteiger partial charge in [0, 0.05) is 11.3 Å². The average Bonchev–Trinajstić information content (AvgIpc) is 3.13. The van der Waals surface area contributed by atoms with E-state index >= 15 is 0 Å². The number of nitrogens with one attached hydrogen (secondary N) is 1. The van der Waals surface area contributed by atoms with Gasteiger partial charge < -0.3 is 10.1 Å². The number of benzene rings is 3. The van der Waals surface area contributed by atoms with Crippen molar-refractivity contribution in [1.82, 2.24) is 4.98 Å². The Hall–Kier alpha value is -2.89. The van der Waals surface area contributed by atoms with E-state index in [4.69, 9.17) is 16.3 Å². The van der Waals surface area contributed by atoms with Crippen molar-refractivity contribution in [3.8, 4) is 16.3 Å². The fraction of sp³-hybridized carbons (Fsp3) is 0.130. The number of hydrogen-bond donors (Lipinski definition) is 1. The van der Waals surface area contributed by atoms with E-state index in [1.165, 1.54) is 0 Å². The summed E-state index contributed by atoms with van der Waals surface area (Å²) in [4.78, 5) is 16.9. The first-order chi connectivity index (χ1) is 14.0. The summed E-state index contributed by atoms with van der Waals surface area (Å²) in [6.45, 7) is 3.92. The molecular weight excluding hydrogens is 404 g/mol. The van der Waals surface area contributed by atoms with E-state index in [0.717, 1.165) is 31.9 Å². The average molecular weight is 423 g/mol. The molecule has 0 radical (unpaired) electrons. The van der Waals surface area contributed by atoms with Gasteiger partial charge in [-0.15, -0.1) is 11.3 Å². The lowest BCUT2D eigenvalue weighted by Crippen LogP contribution is -2.20. The molecule has 0 spiro atoms. The Bertz CT molecular complexity index is 1170. The highest BCUT2D eigenvalue weighted by Gasteiger charge is 2.12. The molecule has 0 atom stereocenters. The van der Waals surface area contributed by atoms with Crippen LogP contribution >= 0.6 is 22.9 Å². The molecule has 4 aromatic rings. The Labute approximate surface area is 178 Å². The van der Waals surface area contributed by atoms with Crippen LogP contribution in [0, 0.1) is 13.8 Å². The van der Waals surface area contributed by atoms with E-state index in [9.17, 15) is 4.79 Å². The predicted octanol–water partition coefficient (Wildman–Crippen LogP) is 6.25. The van der Waals surface area contributed by atoms with E-state index in [1.54, 1.807) is 17.4 Å². The Morgan fingerprint density at radius 3 is 2.72 bits per heavy atom. The van der Waals surface area contributed by atoms with E-state index < -0.39 is 0 Å². The largest absolute Gasteiger partial charge is 0.483 e. The van der Waals surface area contributed by atoms with Crippen molar-refractivity contribution in [1.29, 1.82) is 0 Å². The molecule has 3 aromatic carbocycles. The summed E-state index contributed by atoms with van der Waals surface area (Å²) in [6, 6.07) is 19.2. The van der Waals surface area contributed by atoms with Crippen molar-refractivity contribution in [2.75, 3.05) is 11.9 Å². The highest BCUT2D eigenvalue weighted by Crippen LogP contribution is 2.35. The van der Waals surface area contributed by atoms with Gasteiger partial charge in [0.2, 0.25) is 0 Å². The number of aryl methyl sites for hydroxylation is 1. The molecule has 1 aromatic heterocycles. The van der Waals surface area contributed by atoms with Gasteiger partial charge in [-0.1, -0.05) is 35.9 Å². The minimum absolute atomic E-state index is 0.0679. The van der Waals surface area contributed by atoms with E-state index in [-0.39, 0.29) is 12.5 Å². The van der Waals surface area contributed by atoms with Gasteiger partial charge in [-0.25, -0.2) is 4.98 Å². The maximum Gasteiger partial charge on any atom is 0.262 e. The van der Waals surface area contributed by atoms with Crippen LogP contribution in [-0.2, 0) is 4.79 Å². The molecule has 29 heavy (non-hydrogen) atoms. The van der Waals surface area contributed by atoms with E-state index in [0.29, 0.717) is 16.5 Å². The number of anilines is 1. The molecule has 0 fully saturated rings. The molecular formula is C23H19ClN2O2S. The molecule has 0 unspecified atom stereocenters. The van der Waals surface area contributed by atoms with Crippen molar-refractivity contribution >= 4 is 44.7 Å². The normalized spacial score (nSPS) is 10.9. The number of para-hydroxylation sites is 1. The van der Waals surface area contributed by atoms with Crippen LogP contribution in [0.25, 0.3) is 20.8 Å².